The first kappa shape index (κ1) is 18.3. The Bertz CT molecular complexity index is 585. The van der Waals surface area contributed by atoms with Crippen LogP contribution in [0.25, 0.3) is 0 Å². The topological polar surface area (TPSA) is 61.4 Å². The molecule has 1 N–H and O–H groups in total. The van der Waals surface area contributed by atoms with Gasteiger partial charge in [0.05, 0.1) is 0 Å². The number of likely N-dealkylation sites (N-methyl/N-ethyl adjacent to an activating group) is 1. The number of carbonyl (C=O) groups is 1. The van der Waals surface area contributed by atoms with Crippen molar-refractivity contribution in [2.75, 3.05) is 46.3 Å². The molecule has 0 radical (unpaired) electrons. The molecule has 0 aliphatic carbocycles. The molecule has 0 bridgehead atoms. The third-order valence-corrected chi connectivity index (χ3v) is 5.26. The first-order valence-corrected chi connectivity index (χ1v) is 9.66. The first-order valence-electron chi connectivity index (χ1n) is 9.66. The molecular weight excluding hydrogens is 314 g/mol. The van der Waals surface area contributed by atoms with E-state index in [0.717, 1.165) is 57.1 Å². The van der Waals surface area contributed by atoms with Crippen LogP contribution < -0.4 is 5.32 Å². The second-order valence-corrected chi connectivity index (χ2v) is 7.51. The van der Waals surface area contributed by atoms with E-state index in [1.807, 2.05) is 6.92 Å². The van der Waals surface area contributed by atoms with Crippen LogP contribution in [0.5, 0.6) is 0 Å². The third-order valence-electron chi connectivity index (χ3n) is 5.26. The summed E-state index contributed by atoms with van der Waals surface area (Å²) in [5.74, 6) is 1.08. The highest BCUT2D eigenvalue weighted by molar-refractivity contribution is 5.92. The average molecular weight is 345 g/mol. The van der Waals surface area contributed by atoms with Crippen LogP contribution in [-0.4, -0.2) is 72.0 Å². The van der Waals surface area contributed by atoms with Crippen LogP contribution in [0.4, 0.5) is 0 Å². The molecule has 1 amide bonds. The normalized spacial score (nSPS) is 22.7. The maximum atomic E-state index is 12.5. The number of amides is 1. The van der Waals surface area contributed by atoms with Gasteiger partial charge in [-0.15, -0.1) is 0 Å². The van der Waals surface area contributed by atoms with Gasteiger partial charge in [0.15, 0.2) is 0 Å². The zero-order chi connectivity index (χ0) is 17.6. The highest BCUT2D eigenvalue weighted by Gasteiger charge is 2.23. The summed E-state index contributed by atoms with van der Waals surface area (Å²) in [6.07, 6.45) is 6.15. The van der Waals surface area contributed by atoms with Gasteiger partial charge < -0.3 is 15.1 Å². The fraction of sp³-hybridized carbons (Fsp3) is 0.737. The molecule has 6 heteroatoms. The molecule has 3 heterocycles. The predicted octanol–water partition coefficient (Wildman–Crippen LogP) is 1.81. The number of nitrogens with zero attached hydrogens (tertiary/aromatic N) is 4. The van der Waals surface area contributed by atoms with Crippen molar-refractivity contribution < 1.29 is 4.79 Å². The summed E-state index contributed by atoms with van der Waals surface area (Å²) in [4.78, 5) is 26.4. The zero-order valence-corrected chi connectivity index (χ0v) is 15.6. The molecule has 1 atom stereocenters. The Balaban J connectivity index is 1.58. The van der Waals surface area contributed by atoms with Crippen molar-refractivity contribution >= 4 is 5.91 Å². The summed E-state index contributed by atoms with van der Waals surface area (Å²) in [6.45, 7) is 7.97. The number of piperidine rings is 2. The van der Waals surface area contributed by atoms with Gasteiger partial charge in [0.1, 0.15) is 11.5 Å². The molecule has 1 unspecified atom stereocenters. The largest absolute Gasteiger partial charge is 0.349 e. The molecule has 138 valence electrons. The molecule has 3 rings (SSSR count). The SMILES string of the molecule is Cc1cc(C(=O)NCCN2CCCCC2)nc(C2CCCN(C)C2)n1. The molecule has 2 aliphatic heterocycles. The summed E-state index contributed by atoms with van der Waals surface area (Å²) >= 11 is 0. The Kier molecular flexibility index (Phi) is 6.37. The molecule has 2 aliphatic rings. The maximum absolute atomic E-state index is 12.5. The highest BCUT2D eigenvalue weighted by Crippen LogP contribution is 2.23. The number of aromatic nitrogens is 2. The van der Waals surface area contributed by atoms with E-state index in [0.29, 0.717) is 18.2 Å². The van der Waals surface area contributed by atoms with Crippen LogP contribution in [0, 0.1) is 6.92 Å². The van der Waals surface area contributed by atoms with E-state index in [1.165, 1.54) is 19.3 Å². The molecule has 0 saturated carbocycles. The van der Waals surface area contributed by atoms with Gasteiger partial charge in [-0.3, -0.25) is 4.79 Å². The predicted molar refractivity (Wildman–Crippen MR) is 98.9 cm³/mol. The van der Waals surface area contributed by atoms with Crippen molar-refractivity contribution in [1.82, 2.24) is 25.1 Å². The standard InChI is InChI=1S/C19H31N5O/c1-15-13-17(19(25)20-8-12-24-10-4-3-5-11-24)22-18(21-15)16-7-6-9-23(2)14-16/h13,16H,3-12,14H2,1-2H3,(H,20,25). The first-order chi connectivity index (χ1) is 12.1. The molecule has 2 fully saturated rings. The van der Waals surface area contributed by atoms with Gasteiger partial charge >= 0.3 is 0 Å². The monoisotopic (exact) mass is 345 g/mol. The fourth-order valence-corrected chi connectivity index (χ4v) is 3.87. The van der Waals surface area contributed by atoms with Crippen LogP contribution in [-0.2, 0) is 0 Å². The summed E-state index contributed by atoms with van der Waals surface area (Å²) in [6, 6.07) is 1.80. The molecule has 25 heavy (non-hydrogen) atoms. The van der Waals surface area contributed by atoms with Crippen LogP contribution >= 0.6 is 0 Å². The average Bonchev–Trinajstić information content (AvgIpc) is 2.62. The number of aryl methyl sites for hydroxylation is 1. The van der Waals surface area contributed by atoms with Gasteiger partial charge in [-0.2, -0.15) is 0 Å². The molecule has 1 aromatic rings. The van der Waals surface area contributed by atoms with E-state index in [1.54, 1.807) is 6.07 Å². The molecule has 6 nitrogen and oxygen atoms in total. The van der Waals surface area contributed by atoms with E-state index in [-0.39, 0.29) is 5.91 Å². The van der Waals surface area contributed by atoms with E-state index in [4.69, 9.17) is 0 Å². The van der Waals surface area contributed by atoms with Crippen molar-refractivity contribution in [2.45, 2.75) is 44.9 Å². The summed E-state index contributed by atoms with van der Waals surface area (Å²) in [7, 11) is 2.14. The van der Waals surface area contributed by atoms with Gasteiger partial charge in [0, 0.05) is 31.2 Å². The van der Waals surface area contributed by atoms with E-state index in [9.17, 15) is 4.79 Å². The lowest BCUT2D eigenvalue weighted by Crippen LogP contribution is -2.38. The van der Waals surface area contributed by atoms with Crippen LogP contribution in [0.15, 0.2) is 6.07 Å². The Morgan fingerprint density at radius 1 is 1.20 bits per heavy atom. The second-order valence-electron chi connectivity index (χ2n) is 7.51. The Hall–Kier alpha value is -1.53. The number of rotatable bonds is 5. The van der Waals surface area contributed by atoms with Crippen molar-refractivity contribution in [3.05, 3.63) is 23.3 Å². The van der Waals surface area contributed by atoms with Crippen LogP contribution in [0.2, 0.25) is 0 Å². The van der Waals surface area contributed by atoms with Gasteiger partial charge in [0.2, 0.25) is 0 Å². The molecule has 0 aromatic carbocycles. The van der Waals surface area contributed by atoms with Crippen LogP contribution in [0.3, 0.4) is 0 Å². The lowest BCUT2D eigenvalue weighted by atomic mass is 9.97. The second kappa shape index (κ2) is 8.72. The quantitative estimate of drug-likeness (QED) is 0.882. The molecule has 1 aromatic heterocycles. The summed E-state index contributed by atoms with van der Waals surface area (Å²) in [5, 5.41) is 3.03. The number of likely N-dealkylation sites (tertiary alicyclic amines) is 2. The van der Waals surface area contributed by atoms with E-state index >= 15 is 0 Å². The number of hydrogen-bond acceptors (Lipinski definition) is 5. The summed E-state index contributed by atoms with van der Waals surface area (Å²) in [5.41, 5.74) is 1.38. The molecular formula is C19H31N5O. The lowest BCUT2D eigenvalue weighted by molar-refractivity contribution is 0.0940. The molecule has 0 spiro atoms. The van der Waals surface area contributed by atoms with Crippen molar-refractivity contribution in [1.29, 1.82) is 0 Å². The Morgan fingerprint density at radius 2 is 2.00 bits per heavy atom. The van der Waals surface area contributed by atoms with Gasteiger partial charge in [-0.1, -0.05) is 6.42 Å². The summed E-state index contributed by atoms with van der Waals surface area (Å²) < 4.78 is 0. The van der Waals surface area contributed by atoms with Gasteiger partial charge in [-0.25, -0.2) is 9.97 Å². The van der Waals surface area contributed by atoms with E-state index < -0.39 is 0 Å². The number of hydrogen-bond donors (Lipinski definition) is 1. The zero-order valence-electron chi connectivity index (χ0n) is 15.6. The van der Waals surface area contributed by atoms with Crippen molar-refractivity contribution in [3.63, 3.8) is 0 Å². The minimum absolute atomic E-state index is 0.0760. The van der Waals surface area contributed by atoms with Crippen LogP contribution in [0.1, 0.15) is 60.0 Å². The number of carbonyl (C=O) groups excluding carboxylic acids is 1. The Morgan fingerprint density at radius 3 is 2.76 bits per heavy atom. The smallest absolute Gasteiger partial charge is 0.270 e. The number of nitrogens with one attached hydrogen (secondary N) is 1. The van der Waals surface area contributed by atoms with Crippen molar-refractivity contribution in [3.8, 4) is 0 Å². The fourth-order valence-electron chi connectivity index (χ4n) is 3.87. The van der Waals surface area contributed by atoms with E-state index in [2.05, 4.69) is 32.1 Å². The van der Waals surface area contributed by atoms with Gasteiger partial charge in [-0.05, 0) is 65.4 Å². The Labute approximate surface area is 151 Å². The lowest BCUT2D eigenvalue weighted by Gasteiger charge is -2.28. The minimum atomic E-state index is -0.0760. The maximum Gasteiger partial charge on any atom is 0.270 e. The highest BCUT2D eigenvalue weighted by atomic mass is 16.1. The molecule has 2 saturated heterocycles. The third kappa shape index (κ3) is 5.22. The van der Waals surface area contributed by atoms with Crippen molar-refractivity contribution in [2.24, 2.45) is 0 Å². The minimum Gasteiger partial charge on any atom is -0.349 e. The van der Waals surface area contributed by atoms with Gasteiger partial charge in [0.25, 0.3) is 5.91 Å².